The van der Waals surface area contributed by atoms with E-state index in [1.165, 1.54) is 7.11 Å². The second kappa shape index (κ2) is 7.21. The number of para-hydroxylation sites is 1. The van der Waals surface area contributed by atoms with Crippen molar-refractivity contribution >= 4 is 34.3 Å². The summed E-state index contributed by atoms with van der Waals surface area (Å²) in [6.45, 7) is -0.315. The fraction of sp³-hybridized carbons (Fsp3) is 0.125. The molecule has 0 aliphatic carbocycles. The molecule has 0 radical (unpaired) electrons. The van der Waals surface area contributed by atoms with Crippen molar-refractivity contribution in [3.8, 4) is 5.75 Å². The summed E-state index contributed by atoms with van der Waals surface area (Å²) >= 11 is 2.05. The van der Waals surface area contributed by atoms with Crippen molar-refractivity contribution in [1.82, 2.24) is 0 Å². The summed E-state index contributed by atoms with van der Waals surface area (Å²) in [6, 6.07) is 13.9. The Morgan fingerprint density at radius 1 is 1.00 bits per heavy atom. The van der Waals surface area contributed by atoms with E-state index in [9.17, 15) is 9.59 Å². The topological polar surface area (TPSA) is 52.6 Å². The minimum atomic E-state index is -0.511. The van der Waals surface area contributed by atoms with Crippen LogP contribution in [0.4, 0.5) is 0 Å². The summed E-state index contributed by atoms with van der Waals surface area (Å²) in [6.07, 6.45) is 0. The maximum absolute atomic E-state index is 12.1. The molecule has 4 nitrogen and oxygen atoms in total. The number of Topliss-reactive ketones (excluding diaryl/α,β-unsaturated/α-hetero) is 1. The average Bonchev–Trinajstić information content (AvgIpc) is 2.52. The van der Waals surface area contributed by atoms with Gasteiger partial charge in [-0.25, -0.2) is 4.79 Å². The van der Waals surface area contributed by atoms with Crippen molar-refractivity contribution in [2.75, 3.05) is 13.7 Å². The lowest BCUT2D eigenvalue weighted by molar-refractivity contribution is 0.0473. The number of carbonyl (C=O) groups excluding carboxylic acids is 2. The summed E-state index contributed by atoms with van der Waals surface area (Å²) < 4.78 is 11.0. The Labute approximate surface area is 136 Å². The van der Waals surface area contributed by atoms with Gasteiger partial charge in [-0.2, -0.15) is 0 Å². The van der Waals surface area contributed by atoms with Crippen LogP contribution in [0.1, 0.15) is 20.7 Å². The van der Waals surface area contributed by atoms with Gasteiger partial charge in [0.15, 0.2) is 6.61 Å². The Kier molecular flexibility index (Phi) is 5.32. The lowest BCUT2D eigenvalue weighted by Gasteiger charge is -2.08. The second-order valence-electron chi connectivity index (χ2n) is 4.18. The van der Waals surface area contributed by atoms with E-state index in [0.717, 1.165) is 3.57 Å². The fourth-order valence-electron chi connectivity index (χ4n) is 1.79. The highest BCUT2D eigenvalue weighted by Crippen LogP contribution is 2.18. The minimum Gasteiger partial charge on any atom is -0.496 e. The molecule has 0 saturated heterocycles. The maximum atomic E-state index is 12.1. The number of ether oxygens (including phenoxy) is 2. The van der Waals surface area contributed by atoms with Gasteiger partial charge >= 0.3 is 5.97 Å². The molecule has 0 fully saturated rings. The number of benzene rings is 2. The predicted octanol–water partition coefficient (Wildman–Crippen LogP) is 3.34. The van der Waals surface area contributed by atoms with Gasteiger partial charge < -0.3 is 9.47 Å². The van der Waals surface area contributed by atoms with E-state index in [4.69, 9.17) is 9.47 Å². The van der Waals surface area contributed by atoms with Crippen LogP contribution in [-0.4, -0.2) is 25.5 Å². The van der Waals surface area contributed by atoms with Gasteiger partial charge in [-0.1, -0.05) is 24.3 Å². The molecule has 2 rings (SSSR count). The molecule has 0 saturated carbocycles. The van der Waals surface area contributed by atoms with Crippen molar-refractivity contribution in [3.05, 3.63) is 63.2 Å². The molecule has 0 aliphatic rings. The smallest absolute Gasteiger partial charge is 0.339 e. The molecule has 0 aromatic heterocycles. The molecule has 5 heteroatoms. The van der Waals surface area contributed by atoms with Gasteiger partial charge in [0.1, 0.15) is 5.75 Å². The quantitative estimate of drug-likeness (QED) is 0.442. The number of halogens is 1. The fourth-order valence-corrected chi connectivity index (χ4v) is 2.40. The zero-order chi connectivity index (χ0) is 15.2. The van der Waals surface area contributed by atoms with Gasteiger partial charge in [0.05, 0.1) is 18.2 Å². The highest BCUT2D eigenvalue weighted by molar-refractivity contribution is 14.1. The monoisotopic (exact) mass is 396 g/mol. The number of methoxy groups -OCH3 is 1. The van der Waals surface area contributed by atoms with Gasteiger partial charge in [0.2, 0.25) is 5.78 Å². The van der Waals surface area contributed by atoms with E-state index in [1.54, 1.807) is 42.5 Å². The SMILES string of the molecule is COc1ccccc1C(=O)COC(=O)c1ccccc1I. The van der Waals surface area contributed by atoms with E-state index in [2.05, 4.69) is 0 Å². The first-order chi connectivity index (χ1) is 10.1. The molecule has 2 aromatic rings. The molecule has 21 heavy (non-hydrogen) atoms. The van der Waals surface area contributed by atoms with Crippen LogP contribution in [0.25, 0.3) is 0 Å². The van der Waals surface area contributed by atoms with Gasteiger partial charge in [-0.15, -0.1) is 0 Å². The number of hydrogen-bond donors (Lipinski definition) is 0. The normalized spacial score (nSPS) is 10.0. The number of hydrogen-bond acceptors (Lipinski definition) is 4. The van der Waals surface area contributed by atoms with Gasteiger partial charge in [-0.05, 0) is 46.9 Å². The first kappa shape index (κ1) is 15.5. The van der Waals surface area contributed by atoms with Crippen LogP contribution in [0.3, 0.4) is 0 Å². The Balaban J connectivity index is 2.05. The number of carbonyl (C=O) groups is 2. The Hall–Kier alpha value is -1.89. The van der Waals surface area contributed by atoms with E-state index in [0.29, 0.717) is 16.9 Å². The van der Waals surface area contributed by atoms with Crippen molar-refractivity contribution in [2.45, 2.75) is 0 Å². The molecule has 0 bridgehead atoms. The van der Waals surface area contributed by atoms with Crippen LogP contribution < -0.4 is 4.74 Å². The van der Waals surface area contributed by atoms with Crippen molar-refractivity contribution in [1.29, 1.82) is 0 Å². The summed E-state index contributed by atoms with van der Waals surface area (Å²) in [7, 11) is 1.49. The average molecular weight is 396 g/mol. The summed E-state index contributed by atoms with van der Waals surface area (Å²) in [5, 5.41) is 0. The largest absolute Gasteiger partial charge is 0.496 e. The highest BCUT2D eigenvalue weighted by Gasteiger charge is 2.16. The molecule has 0 atom stereocenters. The van der Waals surface area contributed by atoms with Gasteiger partial charge in [-0.3, -0.25) is 4.79 Å². The van der Waals surface area contributed by atoms with Gasteiger partial charge in [0, 0.05) is 3.57 Å². The van der Waals surface area contributed by atoms with E-state index in [1.807, 2.05) is 28.7 Å². The Morgan fingerprint density at radius 2 is 1.62 bits per heavy atom. The van der Waals surface area contributed by atoms with Crippen molar-refractivity contribution in [2.24, 2.45) is 0 Å². The van der Waals surface area contributed by atoms with Crippen LogP contribution in [0.15, 0.2) is 48.5 Å². The first-order valence-corrected chi connectivity index (χ1v) is 7.29. The standard InChI is InChI=1S/C16H13IO4/c1-20-15-9-5-3-7-12(15)14(18)10-21-16(19)11-6-2-4-8-13(11)17/h2-9H,10H2,1H3. The molecule has 0 spiro atoms. The van der Waals surface area contributed by atoms with E-state index >= 15 is 0 Å². The third kappa shape index (κ3) is 3.81. The minimum absolute atomic E-state index is 0.299. The van der Waals surface area contributed by atoms with E-state index in [-0.39, 0.29) is 12.4 Å². The summed E-state index contributed by atoms with van der Waals surface area (Å²) in [5.41, 5.74) is 0.849. The molecular weight excluding hydrogens is 383 g/mol. The summed E-state index contributed by atoms with van der Waals surface area (Å²) in [4.78, 5) is 24.0. The lowest BCUT2D eigenvalue weighted by Crippen LogP contribution is -2.15. The highest BCUT2D eigenvalue weighted by atomic mass is 127. The number of esters is 1. The lowest BCUT2D eigenvalue weighted by atomic mass is 10.1. The molecule has 0 heterocycles. The second-order valence-corrected chi connectivity index (χ2v) is 5.34. The molecule has 108 valence electrons. The molecule has 0 unspecified atom stereocenters. The molecule has 0 N–H and O–H groups in total. The summed E-state index contributed by atoms with van der Waals surface area (Å²) in [5.74, 6) is -0.345. The third-order valence-corrected chi connectivity index (χ3v) is 3.78. The zero-order valence-electron chi connectivity index (χ0n) is 11.3. The molecule has 0 aliphatic heterocycles. The Morgan fingerprint density at radius 3 is 2.29 bits per heavy atom. The van der Waals surface area contributed by atoms with E-state index < -0.39 is 5.97 Å². The molecular formula is C16H13IO4. The Bertz CT molecular complexity index is 667. The predicted molar refractivity (Wildman–Crippen MR) is 86.8 cm³/mol. The molecule has 2 aromatic carbocycles. The van der Waals surface area contributed by atoms with Gasteiger partial charge in [0.25, 0.3) is 0 Å². The third-order valence-electron chi connectivity index (χ3n) is 2.84. The number of rotatable bonds is 5. The van der Waals surface area contributed by atoms with Crippen LogP contribution in [-0.2, 0) is 4.74 Å². The molecule has 0 amide bonds. The van der Waals surface area contributed by atoms with Crippen LogP contribution in [0.2, 0.25) is 0 Å². The first-order valence-electron chi connectivity index (χ1n) is 6.21. The van der Waals surface area contributed by atoms with Crippen molar-refractivity contribution in [3.63, 3.8) is 0 Å². The number of ketones is 1. The van der Waals surface area contributed by atoms with Crippen LogP contribution in [0.5, 0.6) is 5.75 Å². The van der Waals surface area contributed by atoms with Crippen molar-refractivity contribution < 1.29 is 19.1 Å². The zero-order valence-corrected chi connectivity index (χ0v) is 13.5. The van der Waals surface area contributed by atoms with Crippen LogP contribution in [0, 0.1) is 3.57 Å². The van der Waals surface area contributed by atoms with Crippen LogP contribution >= 0.6 is 22.6 Å². The maximum Gasteiger partial charge on any atom is 0.339 e.